The molecule has 0 radical (unpaired) electrons. The van der Waals surface area contributed by atoms with Crippen LogP contribution in [0.25, 0.3) is 0 Å². The van der Waals surface area contributed by atoms with Crippen molar-refractivity contribution in [1.82, 2.24) is 15.0 Å². The third-order valence-electron chi connectivity index (χ3n) is 2.11. The highest BCUT2D eigenvalue weighted by Crippen LogP contribution is 2.26. The Morgan fingerprint density at radius 3 is 3.00 bits per heavy atom. The molecule has 0 bridgehead atoms. The number of anilines is 1. The molecule has 2 aromatic heterocycles. The molecule has 5 nitrogen and oxygen atoms in total. The number of nitrogens with two attached hydrogens (primary N) is 1. The number of rotatable bonds is 4. The highest BCUT2D eigenvalue weighted by Gasteiger charge is 2.05. The minimum Gasteiger partial charge on any atom is -0.308 e. The number of aromatic nitrogens is 3. The second-order valence-electron chi connectivity index (χ2n) is 3.53. The van der Waals surface area contributed by atoms with E-state index in [9.17, 15) is 0 Å². The summed E-state index contributed by atoms with van der Waals surface area (Å²) in [6.07, 6.45) is 1.71. The molecule has 0 aliphatic carbocycles. The first-order valence-corrected chi connectivity index (χ1v) is 6.60. The fourth-order valence-electron chi connectivity index (χ4n) is 1.38. The number of hydrazine groups is 1. The summed E-state index contributed by atoms with van der Waals surface area (Å²) >= 11 is 7.52. The molecule has 0 atom stereocenters. The molecule has 7 heteroatoms. The quantitative estimate of drug-likeness (QED) is 0.509. The summed E-state index contributed by atoms with van der Waals surface area (Å²) in [5.74, 6) is 7.22. The Labute approximate surface area is 114 Å². The Morgan fingerprint density at radius 1 is 1.44 bits per heavy atom. The molecule has 2 heterocycles. The number of nitrogens with one attached hydrogen (secondary N) is 1. The fraction of sp³-hybridized carbons (Fsp3) is 0.182. The van der Waals surface area contributed by atoms with Crippen molar-refractivity contribution in [3.63, 3.8) is 0 Å². The monoisotopic (exact) mass is 281 g/mol. The number of thioether (sulfide) groups is 1. The molecule has 0 saturated heterocycles. The standard InChI is InChI=1S/C11H12ClN5S/c1-7-5-9(17-13)16-10(15-7)6-18-11-8(12)3-2-4-14-11/h2-5H,6,13H2,1H3,(H,15,16,17). The van der Waals surface area contributed by atoms with E-state index in [1.165, 1.54) is 11.8 Å². The van der Waals surface area contributed by atoms with Crippen molar-refractivity contribution in [1.29, 1.82) is 0 Å². The number of hydrogen-bond donors (Lipinski definition) is 2. The molecule has 0 aromatic carbocycles. The topological polar surface area (TPSA) is 76.7 Å². The van der Waals surface area contributed by atoms with E-state index in [0.717, 1.165) is 10.7 Å². The van der Waals surface area contributed by atoms with Crippen LogP contribution >= 0.6 is 23.4 Å². The van der Waals surface area contributed by atoms with E-state index in [1.54, 1.807) is 24.4 Å². The molecule has 0 fully saturated rings. The van der Waals surface area contributed by atoms with Crippen LogP contribution in [-0.4, -0.2) is 15.0 Å². The largest absolute Gasteiger partial charge is 0.308 e. The third-order valence-corrected chi connectivity index (χ3v) is 3.53. The third kappa shape index (κ3) is 3.32. The first kappa shape index (κ1) is 13.1. The van der Waals surface area contributed by atoms with Crippen molar-refractivity contribution in [2.75, 3.05) is 5.43 Å². The average Bonchev–Trinajstić information content (AvgIpc) is 2.37. The van der Waals surface area contributed by atoms with Gasteiger partial charge in [-0.05, 0) is 19.1 Å². The van der Waals surface area contributed by atoms with Gasteiger partial charge in [0.15, 0.2) is 0 Å². The lowest BCUT2D eigenvalue weighted by atomic mass is 10.4. The van der Waals surface area contributed by atoms with Gasteiger partial charge in [-0.2, -0.15) is 0 Å². The van der Waals surface area contributed by atoms with E-state index < -0.39 is 0 Å². The lowest BCUT2D eigenvalue weighted by molar-refractivity contribution is 0.987. The summed E-state index contributed by atoms with van der Waals surface area (Å²) in [4.78, 5) is 12.8. The van der Waals surface area contributed by atoms with Gasteiger partial charge in [-0.15, -0.1) is 0 Å². The summed E-state index contributed by atoms with van der Waals surface area (Å²) in [6.45, 7) is 1.89. The highest BCUT2D eigenvalue weighted by atomic mass is 35.5. The minimum atomic E-state index is 0.590. The molecule has 94 valence electrons. The van der Waals surface area contributed by atoms with Crippen LogP contribution in [0.5, 0.6) is 0 Å². The van der Waals surface area contributed by atoms with Gasteiger partial charge in [-0.3, -0.25) is 0 Å². The van der Waals surface area contributed by atoms with Gasteiger partial charge in [-0.1, -0.05) is 23.4 Å². The van der Waals surface area contributed by atoms with Crippen LogP contribution in [0.3, 0.4) is 0 Å². The van der Waals surface area contributed by atoms with Crippen molar-refractivity contribution in [2.45, 2.75) is 17.7 Å². The van der Waals surface area contributed by atoms with Crippen molar-refractivity contribution < 1.29 is 0 Å². The molecule has 18 heavy (non-hydrogen) atoms. The molecule has 0 saturated carbocycles. The SMILES string of the molecule is Cc1cc(NN)nc(CSc2ncccc2Cl)n1. The minimum absolute atomic E-state index is 0.590. The highest BCUT2D eigenvalue weighted by molar-refractivity contribution is 7.98. The lowest BCUT2D eigenvalue weighted by Gasteiger charge is -2.05. The number of aryl methyl sites for hydroxylation is 1. The van der Waals surface area contributed by atoms with Gasteiger partial charge in [0.25, 0.3) is 0 Å². The Balaban J connectivity index is 2.11. The maximum atomic E-state index is 6.02. The summed E-state index contributed by atoms with van der Waals surface area (Å²) in [6, 6.07) is 5.38. The summed E-state index contributed by atoms with van der Waals surface area (Å²) in [7, 11) is 0. The van der Waals surface area contributed by atoms with E-state index in [2.05, 4.69) is 20.4 Å². The van der Waals surface area contributed by atoms with Crippen LogP contribution in [0.2, 0.25) is 5.02 Å². The van der Waals surface area contributed by atoms with E-state index >= 15 is 0 Å². The summed E-state index contributed by atoms with van der Waals surface area (Å²) in [5.41, 5.74) is 3.38. The maximum Gasteiger partial charge on any atom is 0.143 e. The Bertz CT molecular complexity index is 549. The predicted octanol–water partition coefficient (Wildman–Crippen LogP) is 2.41. The molecule has 0 aliphatic heterocycles. The Kier molecular flexibility index (Phi) is 4.35. The molecular weight excluding hydrogens is 270 g/mol. The molecule has 2 aromatic rings. The predicted molar refractivity (Wildman–Crippen MR) is 73.4 cm³/mol. The van der Waals surface area contributed by atoms with Gasteiger partial charge in [0, 0.05) is 18.0 Å². The second-order valence-corrected chi connectivity index (χ2v) is 4.91. The van der Waals surface area contributed by atoms with Crippen LogP contribution < -0.4 is 11.3 Å². The second kappa shape index (κ2) is 5.99. The van der Waals surface area contributed by atoms with Gasteiger partial charge in [0.1, 0.15) is 16.7 Å². The molecule has 0 unspecified atom stereocenters. The van der Waals surface area contributed by atoms with E-state index in [-0.39, 0.29) is 0 Å². The van der Waals surface area contributed by atoms with Crippen molar-refractivity contribution in [2.24, 2.45) is 5.84 Å². The zero-order valence-corrected chi connectivity index (χ0v) is 11.3. The van der Waals surface area contributed by atoms with E-state index in [4.69, 9.17) is 17.4 Å². The Morgan fingerprint density at radius 2 is 2.28 bits per heavy atom. The maximum absolute atomic E-state index is 6.02. The molecular formula is C11H12ClN5S. The van der Waals surface area contributed by atoms with Gasteiger partial charge >= 0.3 is 0 Å². The summed E-state index contributed by atoms with van der Waals surface area (Å²) in [5, 5.41) is 1.40. The molecule has 2 rings (SSSR count). The number of hydrogen-bond acceptors (Lipinski definition) is 6. The molecule has 0 spiro atoms. The summed E-state index contributed by atoms with van der Waals surface area (Å²) < 4.78 is 0. The number of nitrogens with zero attached hydrogens (tertiary/aromatic N) is 3. The van der Waals surface area contributed by atoms with Crippen LogP contribution in [0.1, 0.15) is 11.5 Å². The van der Waals surface area contributed by atoms with Crippen LogP contribution in [0.4, 0.5) is 5.82 Å². The molecule has 3 N–H and O–H groups in total. The number of halogens is 1. The average molecular weight is 282 g/mol. The number of pyridine rings is 1. The number of nitrogen functional groups attached to an aromatic ring is 1. The Hall–Kier alpha value is -1.37. The first-order valence-electron chi connectivity index (χ1n) is 5.23. The normalized spacial score (nSPS) is 10.4. The van der Waals surface area contributed by atoms with Crippen molar-refractivity contribution >= 4 is 29.2 Å². The molecule has 0 amide bonds. The van der Waals surface area contributed by atoms with Gasteiger partial charge in [-0.25, -0.2) is 20.8 Å². The van der Waals surface area contributed by atoms with Crippen LogP contribution in [0.15, 0.2) is 29.4 Å². The van der Waals surface area contributed by atoms with Gasteiger partial charge in [0.05, 0.1) is 10.8 Å². The van der Waals surface area contributed by atoms with Gasteiger partial charge in [0.2, 0.25) is 0 Å². The van der Waals surface area contributed by atoms with Crippen LogP contribution in [0, 0.1) is 6.92 Å². The van der Waals surface area contributed by atoms with E-state index in [1.807, 2.05) is 6.92 Å². The van der Waals surface area contributed by atoms with Gasteiger partial charge < -0.3 is 5.43 Å². The van der Waals surface area contributed by atoms with Crippen LogP contribution in [-0.2, 0) is 5.75 Å². The zero-order valence-electron chi connectivity index (χ0n) is 9.72. The van der Waals surface area contributed by atoms with E-state index in [0.29, 0.717) is 22.4 Å². The van der Waals surface area contributed by atoms with Crippen molar-refractivity contribution in [3.05, 3.63) is 40.9 Å². The zero-order chi connectivity index (χ0) is 13.0. The fourth-order valence-corrected chi connectivity index (χ4v) is 2.40. The first-order chi connectivity index (χ1) is 8.69. The lowest BCUT2D eigenvalue weighted by Crippen LogP contribution is -2.10. The molecule has 0 aliphatic rings. The van der Waals surface area contributed by atoms with Crippen molar-refractivity contribution in [3.8, 4) is 0 Å². The smallest absolute Gasteiger partial charge is 0.143 e.